The number of rotatable bonds is 2. The van der Waals surface area contributed by atoms with Gasteiger partial charge in [-0.1, -0.05) is 0 Å². The van der Waals surface area contributed by atoms with Crippen LogP contribution in [-0.4, -0.2) is 48.8 Å². The minimum atomic E-state index is -0.232. The Morgan fingerprint density at radius 3 is 3.14 bits per heavy atom. The van der Waals surface area contributed by atoms with E-state index in [2.05, 4.69) is 5.38 Å². The Morgan fingerprint density at radius 2 is 2.32 bits per heavy atom. The zero-order valence-corrected chi connectivity index (χ0v) is 13.7. The van der Waals surface area contributed by atoms with Crippen LogP contribution in [0.5, 0.6) is 0 Å². The summed E-state index contributed by atoms with van der Waals surface area (Å²) in [6.45, 7) is 2.86. The van der Waals surface area contributed by atoms with Crippen LogP contribution in [0.1, 0.15) is 40.1 Å². The normalized spacial score (nSPS) is 31.0. The summed E-state index contributed by atoms with van der Waals surface area (Å²) >= 11 is 1.75. The van der Waals surface area contributed by atoms with E-state index < -0.39 is 0 Å². The van der Waals surface area contributed by atoms with E-state index in [0.717, 1.165) is 38.0 Å². The third kappa shape index (κ3) is 2.22. The number of hydrogen-bond acceptors (Lipinski definition) is 4. The fraction of sp³-hybridized carbons (Fsp3) is 0.706. The summed E-state index contributed by atoms with van der Waals surface area (Å²) in [5.74, 6) is 0.547. The summed E-state index contributed by atoms with van der Waals surface area (Å²) in [5.41, 5.74) is 1.99. The third-order valence-corrected chi connectivity index (χ3v) is 6.80. The SMILES string of the molecule is O=C(c1csc2c1CCCC2)N1C[C@@H]2CCOC[C@]2(CO)C1. The van der Waals surface area contributed by atoms with Gasteiger partial charge in [0.05, 0.1) is 18.8 Å². The van der Waals surface area contributed by atoms with Crippen LogP contribution in [0.2, 0.25) is 0 Å². The summed E-state index contributed by atoms with van der Waals surface area (Å²) < 4.78 is 5.59. The quantitative estimate of drug-likeness (QED) is 0.907. The molecule has 22 heavy (non-hydrogen) atoms. The lowest BCUT2D eigenvalue weighted by Gasteiger charge is -2.36. The summed E-state index contributed by atoms with van der Waals surface area (Å²) in [4.78, 5) is 16.4. The van der Waals surface area contributed by atoms with Crippen molar-refractivity contribution in [3.63, 3.8) is 0 Å². The number of fused-ring (bicyclic) bond motifs is 2. The molecule has 0 saturated carbocycles. The molecule has 1 amide bonds. The average Bonchev–Trinajstić information content (AvgIpc) is 3.16. The van der Waals surface area contributed by atoms with Gasteiger partial charge in [0.1, 0.15) is 0 Å². The van der Waals surface area contributed by atoms with Crippen LogP contribution in [0.4, 0.5) is 0 Å². The van der Waals surface area contributed by atoms with Gasteiger partial charge >= 0.3 is 0 Å². The second kappa shape index (κ2) is 5.62. The highest BCUT2D eigenvalue weighted by Crippen LogP contribution is 2.42. The number of aliphatic hydroxyl groups is 1. The van der Waals surface area contributed by atoms with Crippen LogP contribution in [0, 0.1) is 11.3 Å². The molecule has 1 N–H and O–H groups in total. The Bertz CT molecular complexity index is 584. The van der Waals surface area contributed by atoms with Gasteiger partial charge in [0, 0.05) is 35.4 Å². The fourth-order valence-corrected chi connectivity index (χ4v) is 5.44. The number of thiophene rings is 1. The molecular formula is C17H23NO3S. The van der Waals surface area contributed by atoms with Crippen molar-refractivity contribution in [1.29, 1.82) is 0 Å². The second-order valence-corrected chi connectivity index (χ2v) is 7.97. The zero-order chi connectivity index (χ0) is 15.2. The average molecular weight is 321 g/mol. The summed E-state index contributed by atoms with van der Waals surface area (Å²) in [5, 5.41) is 11.9. The molecule has 0 unspecified atom stereocenters. The van der Waals surface area contributed by atoms with Gasteiger partial charge in [-0.25, -0.2) is 0 Å². The number of hydrogen-bond donors (Lipinski definition) is 1. The monoisotopic (exact) mass is 321 g/mol. The first-order valence-electron chi connectivity index (χ1n) is 8.31. The molecule has 0 spiro atoms. The molecule has 0 bridgehead atoms. The molecule has 0 radical (unpaired) electrons. The Hall–Kier alpha value is -0.910. The molecule has 4 nitrogen and oxygen atoms in total. The van der Waals surface area contributed by atoms with E-state index in [1.54, 1.807) is 11.3 Å². The minimum absolute atomic E-state index is 0.114. The van der Waals surface area contributed by atoms with E-state index in [1.165, 1.54) is 23.3 Å². The summed E-state index contributed by atoms with van der Waals surface area (Å²) in [7, 11) is 0. The molecule has 5 heteroatoms. The smallest absolute Gasteiger partial charge is 0.255 e. The van der Waals surface area contributed by atoms with Gasteiger partial charge in [0.15, 0.2) is 0 Å². The second-order valence-electron chi connectivity index (χ2n) is 7.00. The van der Waals surface area contributed by atoms with Crippen molar-refractivity contribution in [2.24, 2.45) is 11.3 Å². The highest BCUT2D eigenvalue weighted by Gasteiger charge is 2.49. The van der Waals surface area contributed by atoms with Crippen molar-refractivity contribution in [1.82, 2.24) is 4.90 Å². The molecule has 1 aliphatic carbocycles. The number of aliphatic hydroxyl groups excluding tert-OH is 1. The van der Waals surface area contributed by atoms with Crippen molar-refractivity contribution < 1.29 is 14.6 Å². The van der Waals surface area contributed by atoms with Crippen molar-refractivity contribution in [2.45, 2.75) is 32.1 Å². The van der Waals surface area contributed by atoms with E-state index in [-0.39, 0.29) is 17.9 Å². The van der Waals surface area contributed by atoms with Crippen molar-refractivity contribution in [3.8, 4) is 0 Å². The number of likely N-dealkylation sites (tertiary alicyclic amines) is 1. The lowest BCUT2D eigenvalue weighted by molar-refractivity contribution is -0.0556. The first-order valence-corrected chi connectivity index (χ1v) is 9.18. The van der Waals surface area contributed by atoms with Gasteiger partial charge in [0.2, 0.25) is 0 Å². The summed E-state index contributed by atoms with van der Waals surface area (Å²) in [6, 6.07) is 0. The largest absolute Gasteiger partial charge is 0.396 e. The van der Waals surface area contributed by atoms with Gasteiger partial charge in [-0.05, 0) is 43.6 Å². The molecule has 120 valence electrons. The third-order valence-electron chi connectivity index (χ3n) is 5.71. The highest BCUT2D eigenvalue weighted by molar-refractivity contribution is 7.10. The lowest BCUT2D eigenvalue weighted by atomic mass is 9.76. The maximum atomic E-state index is 13.0. The molecule has 1 aromatic rings. The van der Waals surface area contributed by atoms with Gasteiger partial charge in [0.25, 0.3) is 5.91 Å². The number of carbonyl (C=O) groups is 1. The van der Waals surface area contributed by atoms with Crippen LogP contribution in [0.15, 0.2) is 5.38 Å². The molecule has 3 heterocycles. The van der Waals surface area contributed by atoms with Gasteiger partial charge in [-0.15, -0.1) is 11.3 Å². The van der Waals surface area contributed by atoms with E-state index in [4.69, 9.17) is 4.74 Å². The fourth-order valence-electron chi connectivity index (χ4n) is 4.32. The molecule has 1 aromatic heterocycles. The highest BCUT2D eigenvalue weighted by atomic mass is 32.1. The Labute approximate surface area is 135 Å². The van der Waals surface area contributed by atoms with Gasteiger partial charge in [-0.3, -0.25) is 4.79 Å². The van der Waals surface area contributed by atoms with E-state index in [1.807, 2.05) is 4.90 Å². The molecule has 2 aliphatic heterocycles. The Balaban J connectivity index is 1.58. The van der Waals surface area contributed by atoms with E-state index in [0.29, 0.717) is 19.1 Å². The number of amides is 1. The van der Waals surface area contributed by atoms with Gasteiger partial charge < -0.3 is 14.7 Å². The molecular weight excluding hydrogens is 298 g/mol. The van der Waals surface area contributed by atoms with Crippen LogP contribution >= 0.6 is 11.3 Å². The van der Waals surface area contributed by atoms with Crippen LogP contribution < -0.4 is 0 Å². The Morgan fingerprint density at radius 1 is 1.45 bits per heavy atom. The standard InChI is InChI=1S/C17H23NO3S/c19-10-17-9-18(7-12(17)5-6-21-11-17)16(20)14-8-22-15-4-2-1-3-13(14)15/h8,12,19H,1-7,9-11H2/t12-,17+/m0/s1. The number of ether oxygens (including phenoxy) is 1. The number of aryl methyl sites for hydroxylation is 1. The first-order chi connectivity index (χ1) is 10.7. The lowest BCUT2D eigenvalue weighted by Crippen LogP contribution is -2.43. The predicted molar refractivity (Wildman–Crippen MR) is 85.3 cm³/mol. The van der Waals surface area contributed by atoms with Crippen molar-refractivity contribution in [2.75, 3.05) is 32.9 Å². The minimum Gasteiger partial charge on any atom is -0.396 e. The zero-order valence-electron chi connectivity index (χ0n) is 12.8. The maximum Gasteiger partial charge on any atom is 0.255 e. The number of carbonyl (C=O) groups excluding carboxylic acids is 1. The van der Waals surface area contributed by atoms with E-state index in [9.17, 15) is 9.90 Å². The van der Waals surface area contributed by atoms with Crippen LogP contribution in [-0.2, 0) is 17.6 Å². The molecule has 2 saturated heterocycles. The van der Waals surface area contributed by atoms with Crippen LogP contribution in [0.25, 0.3) is 0 Å². The molecule has 0 aromatic carbocycles. The predicted octanol–water partition coefficient (Wildman–Crippen LogP) is 2.10. The molecule has 2 atom stereocenters. The Kier molecular flexibility index (Phi) is 3.75. The molecule has 3 aliphatic rings. The summed E-state index contributed by atoms with van der Waals surface area (Å²) in [6.07, 6.45) is 5.57. The van der Waals surface area contributed by atoms with Crippen molar-refractivity contribution >= 4 is 17.2 Å². The van der Waals surface area contributed by atoms with E-state index >= 15 is 0 Å². The maximum absolute atomic E-state index is 13.0. The molecule has 2 fully saturated rings. The first kappa shape index (κ1) is 14.7. The van der Waals surface area contributed by atoms with Crippen molar-refractivity contribution in [3.05, 3.63) is 21.4 Å². The molecule has 4 rings (SSSR count). The van der Waals surface area contributed by atoms with Crippen LogP contribution in [0.3, 0.4) is 0 Å². The van der Waals surface area contributed by atoms with Gasteiger partial charge in [-0.2, -0.15) is 0 Å². The topological polar surface area (TPSA) is 49.8 Å². The number of nitrogens with zero attached hydrogens (tertiary/aromatic N) is 1.